The van der Waals surface area contributed by atoms with Gasteiger partial charge in [0.05, 0.1) is 6.54 Å². The Balaban J connectivity index is 1.10. The summed E-state index contributed by atoms with van der Waals surface area (Å²) in [5, 5.41) is 7.98. The minimum absolute atomic E-state index is 0.00629. The van der Waals surface area contributed by atoms with Gasteiger partial charge in [-0.05, 0) is 68.1 Å². The fourth-order valence-corrected chi connectivity index (χ4v) is 7.17. The second-order valence-corrected chi connectivity index (χ2v) is 12.0. The van der Waals surface area contributed by atoms with Gasteiger partial charge >= 0.3 is 0 Å². The number of benzene rings is 1. The summed E-state index contributed by atoms with van der Waals surface area (Å²) in [4.78, 5) is 32.1. The number of anilines is 1. The van der Waals surface area contributed by atoms with Crippen LogP contribution >= 0.6 is 0 Å². The summed E-state index contributed by atoms with van der Waals surface area (Å²) in [6, 6.07) is 6.77. The molecule has 204 valence electrons. The smallest absolute Gasteiger partial charge is 0.274 e. The van der Waals surface area contributed by atoms with E-state index in [1.807, 2.05) is 4.90 Å². The van der Waals surface area contributed by atoms with E-state index in [-0.39, 0.29) is 17.9 Å². The lowest BCUT2D eigenvalue weighted by atomic mass is 10.0. The predicted molar refractivity (Wildman–Crippen MR) is 149 cm³/mol. The van der Waals surface area contributed by atoms with Crippen LogP contribution in [0.15, 0.2) is 18.2 Å². The number of aromatic nitrogens is 2. The molecule has 2 aliphatic carbocycles. The Hall–Kier alpha value is -2.87. The highest BCUT2D eigenvalue weighted by Gasteiger charge is 2.56. The standard InChI is InChI=1S/C30H42N6O2/c1-19-6-5-7-25(20(19)2)34-15-12-33(13-16-34)14-17-36-26-18-24-21(3)27(24)28(26)29(32-36)30(38)35-10-8-23(9-11-35)31-22(4)37/h5-7,21,23-24,27H,8-18H2,1-4H3,(H,31,37)/t21-,24+,27?/m1/s1. The van der Waals surface area contributed by atoms with E-state index < -0.39 is 0 Å². The third-order valence-corrected chi connectivity index (χ3v) is 9.73. The predicted octanol–water partition coefficient (Wildman–Crippen LogP) is 2.97. The molecule has 1 aromatic heterocycles. The number of piperidine rings is 1. The number of likely N-dealkylation sites (tertiary alicyclic amines) is 1. The van der Waals surface area contributed by atoms with Crippen molar-refractivity contribution in [1.29, 1.82) is 0 Å². The van der Waals surface area contributed by atoms with Crippen LogP contribution in [-0.4, -0.2) is 83.2 Å². The maximum atomic E-state index is 13.6. The molecule has 6 rings (SSSR count). The van der Waals surface area contributed by atoms with Crippen LogP contribution in [0.5, 0.6) is 0 Å². The molecule has 8 nitrogen and oxygen atoms in total. The van der Waals surface area contributed by atoms with Crippen molar-refractivity contribution in [2.75, 3.05) is 50.7 Å². The van der Waals surface area contributed by atoms with Crippen LogP contribution in [0.3, 0.4) is 0 Å². The van der Waals surface area contributed by atoms with Crippen molar-refractivity contribution >= 4 is 17.5 Å². The Labute approximate surface area is 226 Å². The highest BCUT2D eigenvalue weighted by molar-refractivity contribution is 5.95. The van der Waals surface area contributed by atoms with Crippen molar-refractivity contribution in [3.8, 4) is 0 Å². The van der Waals surface area contributed by atoms with E-state index >= 15 is 0 Å². The maximum Gasteiger partial charge on any atom is 0.274 e. The molecule has 1 unspecified atom stereocenters. The van der Waals surface area contributed by atoms with Gasteiger partial charge in [0.1, 0.15) is 0 Å². The molecule has 8 heteroatoms. The molecular weight excluding hydrogens is 476 g/mol. The topological polar surface area (TPSA) is 73.7 Å². The summed E-state index contributed by atoms with van der Waals surface area (Å²) in [5.41, 5.74) is 7.37. The van der Waals surface area contributed by atoms with Crippen LogP contribution in [0.2, 0.25) is 0 Å². The first-order valence-electron chi connectivity index (χ1n) is 14.5. The number of aryl methyl sites for hydroxylation is 1. The minimum atomic E-state index is 0.00629. The van der Waals surface area contributed by atoms with Gasteiger partial charge in [-0.1, -0.05) is 19.1 Å². The van der Waals surface area contributed by atoms with Gasteiger partial charge in [0, 0.05) is 75.7 Å². The molecular formula is C30H42N6O2. The summed E-state index contributed by atoms with van der Waals surface area (Å²) in [6.45, 7) is 15.7. The first kappa shape index (κ1) is 25.4. The van der Waals surface area contributed by atoms with Crippen LogP contribution in [0.25, 0.3) is 0 Å². The van der Waals surface area contributed by atoms with E-state index in [1.54, 1.807) is 6.92 Å². The molecule has 0 radical (unpaired) electrons. The number of hydrogen-bond donors (Lipinski definition) is 1. The third-order valence-electron chi connectivity index (χ3n) is 9.73. The zero-order valence-corrected chi connectivity index (χ0v) is 23.4. The fraction of sp³-hybridized carbons (Fsp3) is 0.633. The fourth-order valence-electron chi connectivity index (χ4n) is 7.17. The van der Waals surface area contributed by atoms with Gasteiger partial charge in [-0.25, -0.2) is 0 Å². The molecule has 1 aromatic carbocycles. The number of nitrogens with one attached hydrogen (secondary N) is 1. The molecule has 1 saturated carbocycles. The number of carbonyl (C=O) groups is 2. The normalized spacial score (nSPS) is 25.3. The Bertz CT molecular complexity index is 1220. The lowest BCUT2D eigenvalue weighted by Crippen LogP contribution is -2.47. The highest BCUT2D eigenvalue weighted by atomic mass is 16.2. The molecule has 2 amide bonds. The Kier molecular flexibility index (Phi) is 6.70. The molecule has 4 aliphatic rings. The summed E-state index contributed by atoms with van der Waals surface area (Å²) in [7, 11) is 0. The van der Waals surface area contributed by atoms with Gasteiger partial charge in [0.2, 0.25) is 5.91 Å². The van der Waals surface area contributed by atoms with Gasteiger partial charge in [0.25, 0.3) is 5.91 Å². The molecule has 2 aromatic rings. The molecule has 0 spiro atoms. The molecule has 1 N–H and O–H groups in total. The summed E-state index contributed by atoms with van der Waals surface area (Å²) < 4.78 is 2.17. The molecule has 3 heterocycles. The summed E-state index contributed by atoms with van der Waals surface area (Å²) in [5.74, 6) is 1.95. The lowest BCUT2D eigenvalue weighted by Gasteiger charge is -2.37. The van der Waals surface area contributed by atoms with E-state index in [0.717, 1.165) is 58.5 Å². The van der Waals surface area contributed by atoms with Crippen molar-refractivity contribution in [3.63, 3.8) is 0 Å². The molecule has 0 bridgehead atoms. The number of carbonyl (C=O) groups excluding carboxylic acids is 2. The lowest BCUT2D eigenvalue weighted by molar-refractivity contribution is -0.119. The third kappa shape index (κ3) is 4.61. The number of amides is 2. The van der Waals surface area contributed by atoms with Crippen LogP contribution in [0, 0.1) is 25.7 Å². The monoisotopic (exact) mass is 518 g/mol. The number of fused-ring (bicyclic) bond motifs is 3. The van der Waals surface area contributed by atoms with E-state index in [4.69, 9.17) is 5.10 Å². The average molecular weight is 519 g/mol. The van der Waals surface area contributed by atoms with Crippen molar-refractivity contribution in [2.45, 2.75) is 65.5 Å². The molecule has 3 fully saturated rings. The Morgan fingerprint density at radius 1 is 1.03 bits per heavy atom. The number of piperazine rings is 1. The van der Waals surface area contributed by atoms with Gasteiger partial charge in [-0.3, -0.25) is 19.2 Å². The van der Waals surface area contributed by atoms with E-state index in [0.29, 0.717) is 36.5 Å². The van der Waals surface area contributed by atoms with Crippen LogP contribution in [-0.2, 0) is 17.8 Å². The number of rotatable bonds is 6. The Morgan fingerprint density at radius 2 is 1.76 bits per heavy atom. The van der Waals surface area contributed by atoms with Crippen LogP contribution < -0.4 is 10.2 Å². The summed E-state index contributed by atoms with van der Waals surface area (Å²) in [6.07, 6.45) is 2.68. The highest BCUT2D eigenvalue weighted by Crippen LogP contribution is 2.62. The first-order valence-corrected chi connectivity index (χ1v) is 14.5. The van der Waals surface area contributed by atoms with Crippen molar-refractivity contribution < 1.29 is 9.59 Å². The average Bonchev–Trinajstić information content (AvgIpc) is 3.22. The Morgan fingerprint density at radius 3 is 2.47 bits per heavy atom. The van der Waals surface area contributed by atoms with Crippen LogP contribution in [0.1, 0.15) is 65.5 Å². The zero-order valence-electron chi connectivity index (χ0n) is 23.4. The SMILES string of the molecule is CC(=O)NC1CCN(C(=O)c2nn(CCN3CCN(c4cccc(C)c4C)CC3)c3c2C2[C@@H](C3)[C@H]2C)CC1. The second kappa shape index (κ2) is 10.0. The quantitative estimate of drug-likeness (QED) is 0.637. The number of nitrogens with zero attached hydrogens (tertiary/aromatic N) is 5. The van der Waals surface area contributed by atoms with Gasteiger partial charge in [0.15, 0.2) is 5.69 Å². The van der Waals surface area contributed by atoms with Gasteiger partial charge < -0.3 is 15.1 Å². The molecule has 2 saturated heterocycles. The van der Waals surface area contributed by atoms with Gasteiger partial charge in [-0.2, -0.15) is 5.10 Å². The van der Waals surface area contributed by atoms with Crippen molar-refractivity contribution in [1.82, 2.24) is 24.9 Å². The van der Waals surface area contributed by atoms with E-state index in [2.05, 4.69) is 58.8 Å². The molecule has 3 atom stereocenters. The second-order valence-electron chi connectivity index (χ2n) is 12.0. The van der Waals surface area contributed by atoms with Gasteiger partial charge in [-0.15, -0.1) is 0 Å². The largest absolute Gasteiger partial charge is 0.369 e. The number of hydrogen-bond acceptors (Lipinski definition) is 5. The summed E-state index contributed by atoms with van der Waals surface area (Å²) >= 11 is 0. The van der Waals surface area contributed by atoms with E-state index in [9.17, 15) is 9.59 Å². The molecule has 2 aliphatic heterocycles. The molecule has 38 heavy (non-hydrogen) atoms. The zero-order chi connectivity index (χ0) is 26.6. The van der Waals surface area contributed by atoms with E-state index in [1.165, 1.54) is 28.1 Å². The minimum Gasteiger partial charge on any atom is -0.369 e. The van der Waals surface area contributed by atoms with Crippen molar-refractivity contribution in [3.05, 3.63) is 46.3 Å². The van der Waals surface area contributed by atoms with Crippen LogP contribution in [0.4, 0.5) is 5.69 Å². The maximum absolute atomic E-state index is 13.6. The first-order chi connectivity index (χ1) is 18.3. The van der Waals surface area contributed by atoms with Crippen molar-refractivity contribution in [2.24, 2.45) is 11.8 Å².